The van der Waals surface area contributed by atoms with Gasteiger partial charge in [-0.25, -0.2) is 13.1 Å². The maximum atomic E-state index is 13.0. The molecule has 1 aliphatic heterocycles. The summed E-state index contributed by atoms with van der Waals surface area (Å²) >= 11 is 0. The van der Waals surface area contributed by atoms with E-state index in [9.17, 15) is 8.42 Å². The van der Waals surface area contributed by atoms with E-state index in [2.05, 4.69) is 9.62 Å². The zero-order valence-corrected chi connectivity index (χ0v) is 17.1. The van der Waals surface area contributed by atoms with Crippen LogP contribution in [0.3, 0.4) is 0 Å². The number of rotatable bonds is 6. The molecule has 1 N–H and O–H groups in total. The van der Waals surface area contributed by atoms with Crippen molar-refractivity contribution in [3.05, 3.63) is 64.7 Å². The highest BCUT2D eigenvalue weighted by atomic mass is 32.2. The molecule has 2 aromatic rings. The molecular weight excluding hydrogens is 360 g/mol. The van der Waals surface area contributed by atoms with Crippen molar-refractivity contribution in [3.8, 4) is 0 Å². The Morgan fingerprint density at radius 2 is 1.67 bits per heavy atom. The van der Waals surface area contributed by atoms with E-state index >= 15 is 0 Å². The normalized spacial score (nSPS) is 17.0. The standard InChI is InChI=1S/C21H28N2O3S/c1-16-4-7-19(8-5-16)21(15-23-10-12-26-13-11-23)22-27(24,25)20-9-6-17(2)18(3)14-20/h4-9,14,21-22H,10-13,15H2,1-3H3/t21-/m1/s1. The first-order chi connectivity index (χ1) is 12.8. The summed E-state index contributed by atoms with van der Waals surface area (Å²) in [6, 6.07) is 13.0. The van der Waals surface area contributed by atoms with Gasteiger partial charge in [0.1, 0.15) is 0 Å². The van der Waals surface area contributed by atoms with Crippen LogP contribution in [-0.2, 0) is 14.8 Å². The van der Waals surface area contributed by atoms with Crippen LogP contribution < -0.4 is 4.72 Å². The van der Waals surface area contributed by atoms with Crippen LogP contribution >= 0.6 is 0 Å². The van der Waals surface area contributed by atoms with Gasteiger partial charge in [-0.05, 0) is 49.6 Å². The van der Waals surface area contributed by atoms with Crippen molar-refractivity contribution < 1.29 is 13.2 Å². The molecule has 146 valence electrons. The Balaban J connectivity index is 1.86. The summed E-state index contributed by atoms with van der Waals surface area (Å²) in [5, 5.41) is 0. The fourth-order valence-corrected chi connectivity index (χ4v) is 4.49. The lowest BCUT2D eigenvalue weighted by Crippen LogP contribution is -2.43. The summed E-state index contributed by atoms with van der Waals surface area (Å²) in [6.45, 7) is 9.55. The molecule has 1 saturated heterocycles. The number of hydrogen-bond donors (Lipinski definition) is 1. The second kappa shape index (κ2) is 8.52. The van der Waals surface area contributed by atoms with Gasteiger partial charge in [0.15, 0.2) is 0 Å². The maximum Gasteiger partial charge on any atom is 0.241 e. The minimum absolute atomic E-state index is 0.310. The maximum absolute atomic E-state index is 13.0. The molecule has 0 unspecified atom stereocenters. The number of aryl methyl sites for hydroxylation is 3. The van der Waals surface area contributed by atoms with Crippen LogP contribution in [0.15, 0.2) is 47.4 Å². The van der Waals surface area contributed by atoms with Gasteiger partial charge >= 0.3 is 0 Å². The van der Waals surface area contributed by atoms with Crippen molar-refractivity contribution in [2.24, 2.45) is 0 Å². The highest BCUT2D eigenvalue weighted by molar-refractivity contribution is 7.89. The third-order valence-electron chi connectivity index (χ3n) is 5.11. The smallest absolute Gasteiger partial charge is 0.241 e. The Morgan fingerprint density at radius 3 is 2.30 bits per heavy atom. The highest BCUT2D eigenvalue weighted by Gasteiger charge is 2.24. The van der Waals surface area contributed by atoms with E-state index in [1.54, 1.807) is 12.1 Å². The van der Waals surface area contributed by atoms with Gasteiger partial charge in [0, 0.05) is 19.6 Å². The summed E-state index contributed by atoms with van der Waals surface area (Å²) in [4.78, 5) is 2.56. The first-order valence-corrected chi connectivity index (χ1v) is 10.8. The second-order valence-electron chi connectivity index (χ2n) is 7.24. The van der Waals surface area contributed by atoms with Crippen LogP contribution in [-0.4, -0.2) is 46.2 Å². The lowest BCUT2D eigenvalue weighted by molar-refractivity contribution is 0.0345. The lowest BCUT2D eigenvalue weighted by Gasteiger charge is -2.31. The Bertz CT molecular complexity index is 873. The van der Waals surface area contributed by atoms with Crippen molar-refractivity contribution >= 4 is 10.0 Å². The molecule has 1 fully saturated rings. The van der Waals surface area contributed by atoms with Crippen molar-refractivity contribution in [1.82, 2.24) is 9.62 Å². The number of benzene rings is 2. The molecule has 6 heteroatoms. The topological polar surface area (TPSA) is 58.6 Å². The molecule has 1 aliphatic rings. The van der Waals surface area contributed by atoms with Crippen LogP contribution in [0.5, 0.6) is 0 Å². The Kier molecular flexibility index (Phi) is 6.32. The molecule has 27 heavy (non-hydrogen) atoms. The van der Waals surface area contributed by atoms with Crippen molar-refractivity contribution in [2.45, 2.75) is 31.7 Å². The van der Waals surface area contributed by atoms with Gasteiger partial charge in [-0.3, -0.25) is 4.90 Å². The Hall–Kier alpha value is -1.73. The van der Waals surface area contributed by atoms with Gasteiger partial charge in [0.2, 0.25) is 10.0 Å². The van der Waals surface area contributed by atoms with E-state index in [-0.39, 0.29) is 6.04 Å². The number of morpholine rings is 1. The van der Waals surface area contributed by atoms with E-state index in [4.69, 9.17) is 4.74 Å². The van der Waals surface area contributed by atoms with Gasteiger partial charge in [-0.15, -0.1) is 0 Å². The van der Waals surface area contributed by atoms with Crippen LogP contribution in [0.4, 0.5) is 0 Å². The fraction of sp³-hybridized carbons (Fsp3) is 0.429. The van der Waals surface area contributed by atoms with Crippen molar-refractivity contribution in [1.29, 1.82) is 0 Å². The predicted molar refractivity (Wildman–Crippen MR) is 107 cm³/mol. The summed E-state index contributed by atoms with van der Waals surface area (Å²) in [5.74, 6) is 0. The van der Waals surface area contributed by atoms with Gasteiger partial charge in [0.05, 0.1) is 24.2 Å². The molecule has 1 atom stereocenters. The van der Waals surface area contributed by atoms with Crippen LogP contribution in [0.1, 0.15) is 28.3 Å². The van der Waals surface area contributed by atoms with Crippen LogP contribution in [0.2, 0.25) is 0 Å². The van der Waals surface area contributed by atoms with Gasteiger partial charge in [-0.2, -0.15) is 0 Å². The van der Waals surface area contributed by atoms with E-state index in [0.29, 0.717) is 24.7 Å². The van der Waals surface area contributed by atoms with E-state index in [0.717, 1.165) is 35.3 Å². The molecule has 1 heterocycles. The molecule has 0 aromatic heterocycles. The van der Waals surface area contributed by atoms with Gasteiger partial charge < -0.3 is 4.74 Å². The minimum atomic E-state index is -3.62. The SMILES string of the molecule is Cc1ccc([C@@H](CN2CCOCC2)NS(=O)(=O)c2ccc(C)c(C)c2)cc1. The number of sulfonamides is 1. The van der Waals surface area contributed by atoms with Crippen LogP contribution in [0, 0.1) is 20.8 Å². The van der Waals surface area contributed by atoms with Crippen molar-refractivity contribution in [3.63, 3.8) is 0 Å². The van der Waals surface area contributed by atoms with Crippen LogP contribution in [0.25, 0.3) is 0 Å². The average Bonchev–Trinajstić information content (AvgIpc) is 2.64. The molecule has 3 rings (SSSR count). The molecule has 0 spiro atoms. The van der Waals surface area contributed by atoms with Gasteiger partial charge in [0.25, 0.3) is 0 Å². The molecule has 0 amide bonds. The van der Waals surface area contributed by atoms with E-state index in [1.165, 1.54) is 0 Å². The molecule has 0 saturated carbocycles. The number of nitrogens with zero attached hydrogens (tertiary/aromatic N) is 1. The number of ether oxygens (including phenoxy) is 1. The van der Waals surface area contributed by atoms with Crippen molar-refractivity contribution in [2.75, 3.05) is 32.8 Å². The summed E-state index contributed by atoms with van der Waals surface area (Å²) < 4.78 is 34.4. The average molecular weight is 389 g/mol. The Morgan fingerprint density at radius 1 is 1.00 bits per heavy atom. The zero-order valence-electron chi connectivity index (χ0n) is 16.2. The zero-order chi connectivity index (χ0) is 19.4. The lowest BCUT2D eigenvalue weighted by atomic mass is 10.1. The summed E-state index contributed by atoms with van der Waals surface area (Å²) in [7, 11) is -3.62. The number of hydrogen-bond acceptors (Lipinski definition) is 4. The molecule has 0 radical (unpaired) electrons. The third-order valence-corrected chi connectivity index (χ3v) is 6.58. The Labute approximate surface area is 162 Å². The first kappa shape index (κ1) is 20.0. The molecule has 2 aromatic carbocycles. The molecular formula is C21H28N2O3S. The fourth-order valence-electron chi connectivity index (χ4n) is 3.19. The quantitative estimate of drug-likeness (QED) is 0.827. The predicted octanol–water partition coefficient (Wildman–Crippen LogP) is 2.96. The third kappa shape index (κ3) is 5.17. The molecule has 0 aliphatic carbocycles. The van der Waals surface area contributed by atoms with E-state index in [1.807, 2.05) is 51.1 Å². The van der Waals surface area contributed by atoms with E-state index < -0.39 is 10.0 Å². The summed E-state index contributed by atoms with van der Waals surface area (Å²) in [5.41, 5.74) is 4.18. The highest BCUT2D eigenvalue weighted by Crippen LogP contribution is 2.21. The molecule has 5 nitrogen and oxygen atoms in total. The van der Waals surface area contributed by atoms with Gasteiger partial charge in [-0.1, -0.05) is 35.9 Å². The molecule has 0 bridgehead atoms. The first-order valence-electron chi connectivity index (χ1n) is 9.31. The largest absolute Gasteiger partial charge is 0.379 e. The second-order valence-corrected chi connectivity index (χ2v) is 8.96. The summed E-state index contributed by atoms with van der Waals surface area (Å²) in [6.07, 6.45) is 0. The minimum Gasteiger partial charge on any atom is -0.379 e. The monoisotopic (exact) mass is 388 g/mol. The number of nitrogens with one attached hydrogen (secondary N) is 1.